The third-order valence-corrected chi connectivity index (χ3v) is 7.65. The smallest absolute Gasteiger partial charge is 0.264 e. The molecule has 0 spiro atoms. The van der Waals surface area contributed by atoms with Gasteiger partial charge in [0.25, 0.3) is 11.5 Å². The average Bonchev–Trinajstić information content (AvgIpc) is 3.74. The maximum atomic E-state index is 13.3. The Labute approximate surface area is 230 Å². The van der Waals surface area contributed by atoms with Gasteiger partial charge < -0.3 is 20.1 Å². The molecule has 2 fully saturated rings. The number of piperidine rings is 1. The van der Waals surface area contributed by atoms with Crippen LogP contribution in [-0.4, -0.2) is 67.0 Å². The van der Waals surface area contributed by atoms with Crippen LogP contribution in [0, 0.1) is 5.92 Å². The van der Waals surface area contributed by atoms with Crippen LogP contribution in [0.5, 0.6) is 5.75 Å². The van der Waals surface area contributed by atoms with Crippen molar-refractivity contribution in [2.45, 2.75) is 37.8 Å². The van der Waals surface area contributed by atoms with Crippen molar-refractivity contribution in [1.29, 1.82) is 0 Å². The summed E-state index contributed by atoms with van der Waals surface area (Å²) in [4.78, 5) is 44.5. The second-order valence-electron chi connectivity index (χ2n) is 10.5. The van der Waals surface area contributed by atoms with E-state index in [0.29, 0.717) is 59.7 Å². The number of nitrogens with one attached hydrogen (secondary N) is 1. The number of nitrogens with zero attached hydrogens (tertiary/aromatic N) is 5. The van der Waals surface area contributed by atoms with Gasteiger partial charge in [0.15, 0.2) is 5.65 Å². The summed E-state index contributed by atoms with van der Waals surface area (Å²) in [7, 11) is 1.55. The first kappa shape index (κ1) is 25.8. The second kappa shape index (κ2) is 10.2. The molecule has 1 aliphatic heterocycles. The Balaban J connectivity index is 1.15. The van der Waals surface area contributed by atoms with Crippen LogP contribution in [0.15, 0.2) is 65.8 Å². The van der Waals surface area contributed by atoms with Crippen molar-refractivity contribution >= 4 is 28.5 Å². The first-order valence-corrected chi connectivity index (χ1v) is 13.3. The standard InChI is InChI=1S/C29H30N6O5/c1-40-23-4-2-3-20(15-23)26(36)32-21-7-9-22(10-8-21)35-25-24(16-31-35)28(38)34(18-30-25)17-29(39)11-13-33(14-12-29)27(37)19-5-6-19/h2-4,7-10,15-16,18-19,39H,5-6,11-14,17H2,1H3,(H,32,36). The molecule has 2 aromatic carbocycles. The molecule has 3 heterocycles. The van der Waals surface area contributed by atoms with Crippen LogP contribution in [0.1, 0.15) is 36.0 Å². The molecule has 0 radical (unpaired) electrons. The van der Waals surface area contributed by atoms with E-state index >= 15 is 0 Å². The number of aromatic nitrogens is 4. The van der Waals surface area contributed by atoms with Gasteiger partial charge in [0.1, 0.15) is 17.5 Å². The highest BCUT2D eigenvalue weighted by atomic mass is 16.5. The summed E-state index contributed by atoms with van der Waals surface area (Å²) in [6.45, 7) is 1.08. The number of methoxy groups -OCH3 is 1. The lowest BCUT2D eigenvalue weighted by Crippen LogP contribution is -2.50. The van der Waals surface area contributed by atoms with Crippen LogP contribution < -0.4 is 15.6 Å². The molecule has 1 saturated heterocycles. The van der Waals surface area contributed by atoms with Gasteiger partial charge in [0.2, 0.25) is 5.91 Å². The van der Waals surface area contributed by atoms with E-state index in [0.717, 1.165) is 12.8 Å². The first-order chi connectivity index (χ1) is 19.3. The Morgan fingerprint density at radius 3 is 2.58 bits per heavy atom. The molecule has 206 valence electrons. The van der Waals surface area contributed by atoms with Crippen LogP contribution in [0.25, 0.3) is 16.7 Å². The summed E-state index contributed by atoms with van der Waals surface area (Å²) in [5.74, 6) is 0.674. The van der Waals surface area contributed by atoms with Crippen molar-refractivity contribution in [2.24, 2.45) is 5.92 Å². The van der Waals surface area contributed by atoms with Crippen molar-refractivity contribution in [1.82, 2.24) is 24.2 Å². The fourth-order valence-electron chi connectivity index (χ4n) is 5.11. The van der Waals surface area contributed by atoms with Gasteiger partial charge in [-0.3, -0.25) is 19.0 Å². The lowest BCUT2D eigenvalue weighted by atomic mass is 9.91. The molecule has 1 aliphatic carbocycles. The molecule has 2 aliphatic rings. The van der Waals surface area contributed by atoms with Crippen LogP contribution in [-0.2, 0) is 11.3 Å². The number of anilines is 1. The minimum atomic E-state index is -1.08. The quantitative estimate of drug-likeness (QED) is 0.367. The first-order valence-electron chi connectivity index (χ1n) is 13.3. The van der Waals surface area contributed by atoms with Crippen molar-refractivity contribution in [2.75, 3.05) is 25.5 Å². The Hall–Kier alpha value is -4.51. The Morgan fingerprint density at radius 1 is 1.12 bits per heavy atom. The number of amides is 2. The average molecular weight is 543 g/mol. The zero-order valence-corrected chi connectivity index (χ0v) is 22.1. The topological polar surface area (TPSA) is 132 Å². The van der Waals surface area contributed by atoms with E-state index in [1.54, 1.807) is 60.3 Å². The van der Waals surface area contributed by atoms with Gasteiger partial charge in [-0.05, 0) is 68.1 Å². The van der Waals surface area contributed by atoms with Crippen LogP contribution >= 0.6 is 0 Å². The number of hydrogen-bond donors (Lipinski definition) is 2. The van der Waals surface area contributed by atoms with Gasteiger partial charge in [-0.25, -0.2) is 9.67 Å². The molecule has 2 N–H and O–H groups in total. The van der Waals surface area contributed by atoms with E-state index in [1.165, 1.54) is 17.1 Å². The van der Waals surface area contributed by atoms with Crippen LogP contribution in [0.4, 0.5) is 5.69 Å². The lowest BCUT2D eigenvalue weighted by molar-refractivity contribution is -0.137. The Bertz CT molecular complexity index is 1630. The molecule has 0 unspecified atom stereocenters. The number of fused-ring (bicyclic) bond motifs is 1. The third-order valence-electron chi connectivity index (χ3n) is 7.65. The summed E-state index contributed by atoms with van der Waals surface area (Å²) < 4.78 is 8.16. The van der Waals surface area contributed by atoms with Gasteiger partial charge in [0, 0.05) is 30.3 Å². The summed E-state index contributed by atoms with van der Waals surface area (Å²) in [5.41, 5.74) is 0.769. The zero-order chi connectivity index (χ0) is 27.9. The Morgan fingerprint density at radius 2 is 1.88 bits per heavy atom. The molecule has 4 aromatic rings. The molecule has 40 heavy (non-hydrogen) atoms. The van der Waals surface area contributed by atoms with E-state index in [2.05, 4.69) is 15.4 Å². The molecular weight excluding hydrogens is 512 g/mol. The largest absolute Gasteiger partial charge is 0.497 e. The number of carbonyl (C=O) groups is 2. The van der Waals surface area contributed by atoms with Gasteiger partial charge in [-0.15, -0.1) is 0 Å². The number of hydrogen-bond acceptors (Lipinski definition) is 7. The predicted octanol–water partition coefficient (Wildman–Crippen LogP) is 2.61. The fourth-order valence-corrected chi connectivity index (χ4v) is 5.11. The molecule has 11 heteroatoms. The van der Waals surface area contributed by atoms with Gasteiger partial charge in [0.05, 0.1) is 31.1 Å². The monoisotopic (exact) mass is 542 g/mol. The highest BCUT2D eigenvalue weighted by Gasteiger charge is 2.39. The maximum absolute atomic E-state index is 13.3. The van der Waals surface area contributed by atoms with E-state index in [4.69, 9.17) is 4.74 Å². The zero-order valence-electron chi connectivity index (χ0n) is 22.1. The molecule has 2 amide bonds. The van der Waals surface area contributed by atoms with E-state index < -0.39 is 5.60 Å². The highest BCUT2D eigenvalue weighted by molar-refractivity contribution is 6.04. The Kier molecular flexibility index (Phi) is 6.59. The highest BCUT2D eigenvalue weighted by Crippen LogP contribution is 2.33. The molecule has 0 bridgehead atoms. The van der Waals surface area contributed by atoms with Crippen LogP contribution in [0.3, 0.4) is 0 Å². The molecule has 1 saturated carbocycles. The number of benzene rings is 2. The number of ether oxygens (including phenoxy) is 1. The van der Waals surface area contributed by atoms with Crippen molar-refractivity contribution in [3.63, 3.8) is 0 Å². The molecular formula is C29H30N6O5. The molecule has 0 atom stereocenters. The summed E-state index contributed by atoms with van der Waals surface area (Å²) in [6, 6.07) is 13.9. The third kappa shape index (κ3) is 5.07. The van der Waals surface area contributed by atoms with E-state index in [1.807, 2.05) is 4.90 Å². The van der Waals surface area contributed by atoms with Crippen molar-refractivity contribution in [3.8, 4) is 11.4 Å². The van der Waals surface area contributed by atoms with Crippen molar-refractivity contribution < 1.29 is 19.4 Å². The van der Waals surface area contributed by atoms with Gasteiger partial charge in [-0.2, -0.15) is 5.10 Å². The fraction of sp³-hybridized carbons (Fsp3) is 0.345. The maximum Gasteiger partial charge on any atom is 0.264 e. The number of likely N-dealkylation sites (tertiary alicyclic amines) is 1. The van der Waals surface area contributed by atoms with Crippen LogP contribution in [0.2, 0.25) is 0 Å². The molecule has 11 nitrogen and oxygen atoms in total. The minimum absolute atomic E-state index is 0.104. The number of aliphatic hydroxyl groups is 1. The normalized spacial score (nSPS) is 16.6. The lowest BCUT2D eigenvalue weighted by Gasteiger charge is -2.38. The summed E-state index contributed by atoms with van der Waals surface area (Å²) in [5, 5.41) is 18.7. The number of rotatable bonds is 7. The predicted molar refractivity (Wildman–Crippen MR) is 148 cm³/mol. The molecule has 6 rings (SSSR count). The molecule has 2 aromatic heterocycles. The second-order valence-corrected chi connectivity index (χ2v) is 10.5. The summed E-state index contributed by atoms with van der Waals surface area (Å²) >= 11 is 0. The minimum Gasteiger partial charge on any atom is -0.497 e. The summed E-state index contributed by atoms with van der Waals surface area (Å²) in [6.07, 6.45) is 5.65. The van der Waals surface area contributed by atoms with Crippen molar-refractivity contribution in [3.05, 3.63) is 77.0 Å². The van der Waals surface area contributed by atoms with Gasteiger partial charge >= 0.3 is 0 Å². The van der Waals surface area contributed by atoms with E-state index in [-0.39, 0.29) is 29.8 Å². The SMILES string of the molecule is COc1cccc(C(=O)Nc2ccc(-n3ncc4c(=O)n(CC5(O)CCN(C(=O)C6CC6)CC5)cnc43)cc2)c1. The van der Waals surface area contributed by atoms with Gasteiger partial charge in [-0.1, -0.05) is 6.07 Å². The van der Waals surface area contributed by atoms with E-state index in [9.17, 15) is 19.5 Å². The number of carbonyl (C=O) groups excluding carboxylic acids is 2.